The van der Waals surface area contributed by atoms with E-state index in [-0.39, 0.29) is 28.6 Å². The maximum absolute atomic E-state index is 12.5. The molecule has 132 valence electrons. The molecule has 0 aliphatic rings. The lowest BCUT2D eigenvalue weighted by Crippen LogP contribution is -2.24. The summed E-state index contributed by atoms with van der Waals surface area (Å²) in [5.41, 5.74) is 0.704. The van der Waals surface area contributed by atoms with Gasteiger partial charge in [-0.25, -0.2) is 9.59 Å². The highest BCUT2D eigenvalue weighted by atomic mass is 16.5. The number of amides is 1. The van der Waals surface area contributed by atoms with Crippen LogP contribution in [0.4, 0.5) is 5.69 Å². The second kappa shape index (κ2) is 9.70. The van der Waals surface area contributed by atoms with Crippen molar-refractivity contribution in [1.82, 2.24) is 0 Å². The van der Waals surface area contributed by atoms with Gasteiger partial charge in [0.15, 0.2) is 0 Å². The minimum absolute atomic E-state index is 0.141. The molecule has 0 bridgehead atoms. The van der Waals surface area contributed by atoms with Crippen molar-refractivity contribution in [1.29, 1.82) is 0 Å². The van der Waals surface area contributed by atoms with Gasteiger partial charge in [0, 0.05) is 5.92 Å². The van der Waals surface area contributed by atoms with Gasteiger partial charge in [-0.2, -0.15) is 0 Å². The minimum atomic E-state index is -0.580. The Morgan fingerprint density at radius 2 is 1.75 bits per heavy atom. The van der Waals surface area contributed by atoms with Gasteiger partial charge in [-0.05, 0) is 31.0 Å². The zero-order valence-electron chi connectivity index (χ0n) is 14.7. The standard InChI is InChI=1S/C18H25NO5/c1-5-7-8-12(6-2)16(20)19-15-11-13(17(21)23-3)9-10-14(15)18(22)24-4/h9-12H,5-8H2,1-4H3,(H,19,20)/t12-/m0/s1. The van der Waals surface area contributed by atoms with Crippen LogP contribution >= 0.6 is 0 Å². The first-order valence-electron chi connectivity index (χ1n) is 8.09. The van der Waals surface area contributed by atoms with Crippen molar-refractivity contribution in [3.05, 3.63) is 29.3 Å². The molecule has 6 heteroatoms. The number of nitrogens with one attached hydrogen (secondary N) is 1. The number of unbranched alkanes of at least 4 members (excludes halogenated alkanes) is 1. The largest absolute Gasteiger partial charge is 0.465 e. The quantitative estimate of drug-likeness (QED) is 0.736. The van der Waals surface area contributed by atoms with Crippen molar-refractivity contribution in [3.63, 3.8) is 0 Å². The molecule has 0 fully saturated rings. The fraction of sp³-hybridized carbons (Fsp3) is 0.500. The summed E-state index contributed by atoms with van der Waals surface area (Å²) in [5.74, 6) is -1.43. The molecule has 1 aromatic rings. The maximum Gasteiger partial charge on any atom is 0.339 e. The number of methoxy groups -OCH3 is 2. The van der Waals surface area contributed by atoms with Gasteiger partial charge in [0.2, 0.25) is 5.91 Å². The molecule has 1 atom stereocenters. The highest BCUT2D eigenvalue weighted by molar-refractivity contribution is 6.03. The lowest BCUT2D eigenvalue weighted by Gasteiger charge is -2.16. The first kappa shape index (κ1) is 19.7. The summed E-state index contributed by atoms with van der Waals surface area (Å²) in [5, 5.41) is 2.76. The van der Waals surface area contributed by atoms with Crippen molar-refractivity contribution in [2.24, 2.45) is 5.92 Å². The Labute approximate surface area is 142 Å². The van der Waals surface area contributed by atoms with E-state index < -0.39 is 11.9 Å². The highest BCUT2D eigenvalue weighted by Crippen LogP contribution is 2.22. The summed E-state index contributed by atoms with van der Waals surface area (Å²) in [6.07, 6.45) is 3.45. The van der Waals surface area contributed by atoms with Gasteiger partial charge in [-0.1, -0.05) is 26.7 Å². The molecule has 0 aliphatic heterocycles. The molecule has 0 aliphatic carbocycles. The fourth-order valence-corrected chi connectivity index (χ4v) is 2.39. The first-order valence-corrected chi connectivity index (χ1v) is 8.09. The number of hydrogen-bond donors (Lipinski definition) is 1. The fourth-order valence-electron chi connectivity index (χ4n) is 2.39. The average Bonchev–Trinajstić information content (AvgIpc) is 2.60. The van der Waals surface area contributed by atoms with E-state index in [1.54, 1.807) is 0 Å². The predicted octanol–water partition coefficient (Wildman–Crippen LogP) is 3.41. The molecular formula is C18H25NO5. The molecule has 0 heterocycles. The topological polar surface area (TPSA) is 81.7 Å². The molecule has 1 N–H and O–H groups in total. The van der Waals surface area contributed by atoms with Gasteiger partial charge in [0.05, 0.1) is 31.0 Å². The zero-order chi connectivity index (χ0) is 18.1. The number of carbonyl (C=O) groups is 3. The molecule has 0 saturated carbocycles. The van der Waals surface area contributed by atoms with E-state index in [0.29, 0.717) is 6.42 Å². The Balaban J connectivity index is 3.11. The van der Waals surface area contributed by atoms with Crippen LogP contribution in [-0.4, -0.2) is 32.1 Å². The Bertz CT molecular complexity index is 597. The molecule has 1 aromatic carbocycles. The van der Waals surface area contributed by atoms with Crippen LogP contribution in [0, 0.1) is 5.92 Å². The van der Waals surface area contributed by atoms with Crippen LogP contribution in [0.5, 0.6) is 0 Å². The van der Waals surface area contributed by atoms with Gasteiger partial charge in [0.1, 0.15) is 0 Å². The van der Waals surface area contributed by atoms with E-state index in [9.17, 15) is 14.4 Å². The van der Waals surface area contributed by atoms with E-state index in [0.717, 1.165) is 19.3 Å². The van der Waals surface area contributed by atoms with E-state index in [1.807, 2.05) is 6.92 Å². The molecular weight excluding hydrogens is 310 g/mol. The van der Waals surface area contributed by atoms with E-state index in [4.69, 9.17) is 4.74 Å². The average molecular weight is 335 g/mol. The van der Waals surface area contributed by atoms with Crippen LogP contribution < -0.4 is 5.32 Å². The molecule has 24 heavy (non-hydrogen) atoms. The zero-order valence-corrected chi connectivity index (χ0v) is 14.7. The van der Waals surface area contributed by atoms with Crippen LogP contribution in [0.15, 0.2) is 18.2 Å². The molecule has 0 saturated heterocycles. The van der Waals surface area contributed by atoms with Crippen LogP contribution in [0.3, 0.4) is 0 Å². The molecule has 1 amide bonds. The van der Waals surface area contributed by atoms with Crippen LogP contribution in [0.1, 0.15) is 60.2 Å². The molecule has 1 rings (SSSR count). The van der Waals surface area contributed by atoms with Crippen molar-refractivity contribution >= 4 is 23.5 Å². The molecule has 0 aromatic heterocycles. The summed E-state index contributed by atoms with van der Waals surface area (Å²) in [6.45, 7) is 4.02. The predicted molar refractivity (Wildman–Crippen MR) is 91.1 cm³/mol. The second-order valence-corrected chi connectivity index (χ2v) is 5.48. The Kier molecular flexibility index (Phi) is 7.95. The van der Waals surface area contributed by atoms with Gasteiger partial charge in [-0.3, -0.25) is 4.79 Å². The Hall–Kier alpha value is -2.37. The SMILES string of the molecule is CCCC[C@H](CC)C(=O)Nc1cc(C(=O)OC)ccc1C(=O)OC. The second-order valence-electron chi connectivity index (χ2n) is 5.48. The van der Waals surface area contributed by atoms with E-state index in [1.165, 1.54) is 32.4 Å². The van der Waals surface area contributed by atoms with Crippen molar-refractivity contribution in [2.75, 3.05) is 19.5 Å². The number of hydrogen-bond acceptors (Lipinski definition) is 5. The summed E-state index contributed by atoms with van der Waals surface area (Å²) >= 11 is 0. The Morgan fingerprint density at radius 1 is 1.08 bits per heavy atom. The molecule has 6 nitrogen and oxygen atoms in total. The number of rotatable bonds is 8. The van der Waals surface area contributed by atoms with Gasteiger partial charge < -0.3 is 14.8 Å². The monoisotopic (exact) mass is 335 g/mol. The number of ether oxygens (including phenoxy) is 2. The van der Waals surface area contributed by atoms with Crippen LogP contribution in [0.25, 0.3) is 0 Å². The summed E-state index contributed by atoms with van der Waals surface area (Å²) in [4.78, 5) is 36.1. The molecule has 0 radical (unpaired) electrons. The van der Waals surface area contributed by atoms with Crippen molar-refractivity contribution < 1.29 is 23.9 Å². The number of carbonyl (C=O) groups excluding carboxylic acids is 3. The molecule has 0 spiro atoms. The van der Waals surface area contributed by atoms with Gasteiger partial charge >= 0.3 is 11.9 Å². The third-order valence-electron chi connectivity index (χ3n) is 3.87. The lowest BCUT2D eigenvalue weighted by molar-refractivity contribution is -0.120. The minimum Gasteiger partial charge on any atom is -0.465 e. The van der Waals surface area contributed by atoms with E-state index >= 15 is 0 Å². The van der Waals surface area contributed by atoms with Crippen molar-refractivity contribution in [3.8, 4) is 0 Å². The summed E-state index contributed by atoms with van der Waals surface area (Å²) in [7, 11) is 2.53. The van der Waals surface area contributed by atoms with Crippen LogP contribution in [-0.2, 0) is 14.3 Å². The summed E-state index contributed by atoms with van der Waals surface area (Å²) in [6, 6.07) is 4.34. The normalized spacial score (nSPS) is 11.5. The lowest BCUT2D eigenvalue weighted by atomic mass is 9.98. The third-order valence-corrected chi connectivity index (χ3v) is 3.87. The number of benzene rings is 1. The highest BCUT2D eigenvalue weighted by Gasteiger charge is 2.21. The van der Waals surface area contributed by atoms with Gasteiger partial charge in [-0.15, -0.1) is 0 Å². The van der Waals surface area contributed by atoms with E-state index in [2.05, 4.69) is 17.0 Å². The van der Waals surface area contributed by atoms with Gasteiger partial charge in [0.25, 0.3) is 0 Å². The van der Waals surface area contributed by atoms with Crippen LogP contribution in [0.2, 0.25) is 0 Å². The smallest absolute Gasteiger partial charge is 0.339 e. The maximum atomic E-state index is 12.5. The number of esters is 2. The van der Waals surface area contributed by atoms with Crippen molar-refractivity contribution in [2.45, 2.75) is 39.5 Å². The molecule has 0 unspecified atom stereocenters. The first-order chi connectivity index (χ1) is 11.5. The summed E-state index contributed by atoms with van der Waals surface area (Å²) < 4.78 is 9.41. The third kappa shape index (κ3) is 5.08. The number of anilines is 1. The Morgan fingerprint density at radius 3 is 2.29 bits per heavy atom.